The number of benzene rings is 2. The Morgan fingerprint density at radius 1 is 0.923 bits per heavy atom. The standard InChI is InChI=1S/C21H19N3O2/c1-14-17(12-13-18(23-14)15-8-4-2-5-9-15)21(26)24-19(20(22)25)16-10-6-3-7-11-16/h2-13,19H,1H3,(H2,22,25)(H,24,26)/t19-/m1/s1. The zero-order valence-electron chi connectivity index (χ0n) is 14.3. The van der Waals surface area contributed by atoms with E-state index in [-0.39, 0.29) is 5.91 Å². The van der Waals surface area contributed by atoms with E-state index < -0.39 is 11.9 Å². The second-order valence-electron chi connectivity index (χ2n) is 5.92. The molecule has 0 bridgehead atoms. The van der Waals surface area contributed by atoms with Crippen molar-refractivity contribution in [3.63, 3.8) is 0 Å². The Morgan fingerprint density at radius 3 is 2.12 bits per heavy atom. The lowest BCUT2D eigenvalue weighted by Crippen LogP contribution is -2.37. The average molecular weight is 345 g/mol. The normalized spacial score (nSPS) is 11.6. The summed E-state index contributed by atoms with van der Waals surface area (Å²) in [7, 11) is 0. The monoisotopic (exact) mass is 345 g/mol. The summed E-state index contributed by atoms with van der Waals surface area (Å²) >= 11 is 0. The Labute approximate surface area is 151 Å². The van der Waals surface area contributed by atoms with Gasteiger partial charge in [-0.15, -0.1) is 0 Å². The van der Waals surface area contributed by atoms with Gasteiger partial charge in [-0.1, -0.05) is 60.7 Å². The number of amides is 2. The fraction of sp³-hybridized carbons (Fsp3) is 0.0952. The van der Waals surface area contributed by atoms with E-state index in [1.807, 2.05) is 36.4 Å². The smallest absolute Gasteiger partial charge is 0.254 e. The molecule has 0 aliphatic heterocycles. The summed E-state index contributed by atoms with van der Waals surface area (Å²) < 4.78 is 0. The average Bonchev–Trinajstić information content (AvgIpc) is 2.67. The molecule has 1 heterocycles. The molecule has 3 rings (SSSR count). The van der Waals surface area contributed by atoms with Crippen LogP contribution >= 0.6 is 0 Å². The van der Waals surface area contributed by atoms with Gasteiger partial charge in [-0.3, -0.25) is 14.6 Å². The summed E-state index contributed by atoms with van der Waals surface area (Å²) in [4.78, 5) is 28.9. The number of hydrogen-bond donors (Lipinski definition) is 2. The summed E-state index contributed by atoms with van der Waals surface area (Å²) in [6, 6.07) is 21.2. The number of hydrogen-bond acceptors (Lipinski definition) is 3. The molecule has 0 saturated carbocycles. The van der Waals surface area contributed by atoms with Gasteiger partial charge < -0.3 is 11.1 Å². The van der Waals surface area contributed by atoms with Crippen LogP contribution in [-0.4, -0.2) is 16.8 Å². The molecule has 0 aliphatic rings. The number of aryl methyl sites for hydroxylation is 1. The predicted octanol–water partition coefficient (Wildman–Crippen LogP) is 3.01. The molecular formula is C21H19N3O2. The number of primary amides is 1. The van der Waals surface area contributed by atoms with Gasteiger partial charge in [-0.2, -0.15) is 0 Å². The molecule has 3 N–H and O–H groups in total. The number of nitrogens with zero attached hydrogens (tertiary/aromatic N) is 1. The number of nitrogens with one attached hydrogen (secondary N) is 1. The molecule has 0 aliphatic carbocycles. The van der Waals surface area contributed by atoms with Crippen molar-refractivity contribution in [2.75, 3.05) is 0 Å². The number of carbonyl (C=O) groups is 2. The molecule has 2 aromatic carbocycles. The highest BCUT2D eigenvalue weighted by atomic mass is 16.2. The third-order valence-corrected chi connectivity index (χ3v) is 4.09. The summed E-state index contributed by atoms with van der Waals surface area (Å²) in [5.74, 6) is -1.00. The molecule has 0 radical (unpaired) electrons. The van der Waals surface area contributed by atoms with Crippen LogP contribution in [0.2, 0.25) is 0 Å². The van der Waals surface area contributed by atoms with Crippen molar-refractivity contribution in [3.8, 4) is 11.3 Å². The Bertz CT molecular complexity index is 925. The van der Waals surface area contributed by atoms with Crippen LogP contribution in [0.1, 0.15) is 27.7 Å². The van der Waals surface area contributed by atoms with E-state index in [0.29, 0.717) is 16.8 Å². The van der Waals surface area contributed by atoms with Gasteiger partial charge in [0.15, 0.2) is 0 Å². The predicted molar refractivity (Wildman–Crippen MR) is 100 cm³/mol. The topological polar surface area (TPSA) is 85.1 Å². The minimum absolute atomic E-state index is 0.387. The summed E-state index contributed by atoms with van der Waals surface area (Å²) in [6.45, 7) is 1.77. The molecule has 0 saturated heterocycles. The zero-order valence-corrected chi connectivity index (χ0v) is 14.3. The third kappa shape index (κ3) is 3.78. The molecule has 0 fully saturated rings. The molecule has 1 atom stereocenters. The second-order valence-corrected chi connectivity index (χ2v) is 5.92. The number of aromatic nitrogens is 1. The van der Waals surface area contributed by atoms with Gasteiger partial charge in [-0.05, 0) is 24.6 Å². The maximum absolute atomic E-state index is 12.6. The molecule has 26 heavy (non-hydrogen) atoms. The van der Waals surface area contributed by atoms with Gasteiger partial charge in [0, 0.05) is 5.56 Å². The van der Waals surface area contributed by atoms with E-state index in [4.69, 9.17) is 5.73 Å². The highest BCUT2D eigenvalue weighted by Gasteiger charge is 2.22. The highest BCUT2D eigenvalue weighted by Crippen LogP contribution is 2.19. The van der Waals surface area contributed by atoms with Crippen molar-refractivity contribution in [3.05, 3.63) is 89.6 Å². The van der Waals surface area contributed by atoms with Crippen molar-refractivity contribution >= 4 is 11.8 Å². The fourth-order valence-corrected chi connectivity index (χ4v) is 2.74. The lowest BCUT2D eigenvalue weighted by molar-refractivity contribution is -0.120. The molecule has 5 heteroatoms. The van der Waals surface area contributed by atoms with Crippen LogP contribution < -0.4 is 11.1 Å². The van der Waals surface area contributed by atoms with Crippen LogP contribution in [0.15, 0.2) is 72.8 Å². The lowest BCUT2D eigenvalue weighted by atomic mass is 10.0. The Kier molecular flexibility index (Phi) is 5.08. The van der Waals surface area contributed by atoms with Gasteiger partial charge in [0.25, 0.3) is 5.91 Å². The maximum Gasteiger partial charge on any atom is 0.254 e. The fourth-order valence-electron chi connectivity index (χ4n) is 2.74. The Balaban J connectivity index is 1.84. The lowest BCUT2D eigenvalue weighted by Gasteiger charge is -2.16. The Hall–Kier alpha value is -3.47. The van der Waals surface area contributed by atoms with E-state index in [1.165, 1.54) is 0 Å². The molecule has 2 amide bonds. The van der Waals surface area contributed by atoms with Crippen LogP contribution in [-0.2, 0) is 4.79 Å². The van der Waals surface area contributed by atoms with Gasteiger partial charge in [0.1, 0.15) is 6.04 Å². The van der Waals surface area contributed by atoms with Crippen LogP contribution in [0.25, 0.3) is 11.3 Å². The molecule has 5 nitrogen and oxygen atoms in total. The maximum atomic E-state index is 12.6. The second kappa shape index (κ2) is 7.61. The third-order valence-electron chi connectivity index (χ3n) is 4.09. The molecule has 130 valence electrons. The summed E-state index contributed by atoms with van der Waals surface area (Å²) in [6.07, 6.45) is 0. The largest absolute Gasteiger partial charge is 0.368 e. The van der Waals surface area contributed by atoms with Gasteiger partial charge in [0.05, 0.1) is 17.0 Å². The number of rotatable bonds is 5. The van der Waals surface area contributed by atoms with E-state index in [2.05, 4.69) is 10.3 Å². The van der Waals surface area contributed by atoms with Crippen molar-refractivity contribution in [1.29, 1.82) is 0 Å². The first-order valence-electron chi connectivity index (χ1n) is 8.24. The zero-order chi connectivity index (χ0) is 18.5. The Morgan fingerprint density at radius 2 is 1.54 bits per heavy atom. The highest BCUT2D eigenvalue weighted by molar-refractivity contribution is 5.98. The number of pyridine rings is 1. The first kappa shape index (κ1) is 17.4. The van der Waals surface area contributed by atoms with Crippen LogP contribution in [0, 0.1) is 6.92 Å². The summed E-state index contributed by atoms with van der Waals surface area (Å²) in [5.41, 5.74) is 8.86. The van der Waals surface area contributed by atoms with Crippen molar-refractivity contribution < 1.29 is 9.59 Å². The molecule has 0 spiro atoms. The summed E-state index contributed by atoms with van der Waals surface area (Å²) in [5, 5.41) is 2.70. The number of carbonyl (C=O) groups excluding carboxylic acids is 2. The first-order chi connectivity index (χ1) is 12.6. The van der Waals surface area contributed by atoms with Crippen molar-refractivity contribution in [2.45, 2.75) is 13.0 Å². The molecule has 0 unspecified atom stereocenters. The minimum atomic E-state index is -0.892. The number of nitrogens with two attached hydrogens (primary N) is 1. The van der Waals surface area contributed by atoms with Gasteiger partial charge in [0.2, 0.25) is 5.91 Å². The first-order valence-corrected chi connectivity index (χ1v) is 8.24. The molecule has 3 aromatic rings. The van der Waals surface area contributed by atoms with Gasteiger partial charge >= 0.3 is 0 Å². The molecular weight excluding hydrogens is 326 g/mol. The van der Waals surface area contributed by atoms with E-state index in [9.17, 15) is 9.59 Å². The minimum Gasteiger partial charge on any atom is -0.368 e. The van der Waals surface area contributed by atoms with Crippen LogP contribution in [0.3, 0.4) is 0 Å². The van der Waals surface area contributed by atoms with Crippen molar-refractivity contribution in [1.82, 2.24) is 10.3 Å². The SMILES string of the molecule is Cc1nc(-c2ccccc2)ccc1C(=O)N[C@@H](C(N)=O)c1ccccc1. The molecule has 1 aromatic heterocycles. The van der Waals surface area contributed by atoms with Crippen LogP contribution in [0.4, 0.5) is 0 Å². The van der Waals surface area contributed by atoms with E-state index in [0.717, 1.165) is 11.3 Å². The van der Waals surface area contributed by atoms with E-state index >= 15 is 0 Å². The van der Waals surface area contributed by atoms with Gasteiger partial charge in [-0.25, -0.2) is 0 Å². The quantitative estimate of drug-likeness (QED) is 0.745. The van der Waals surface area contributed by atoms with Crippen LogP contribution in [0.5, 0.6) is 0 Å². The van der Waals surface area contributed by atoms with Crippen molar-refractivity contribution in [2.24, 2.45) is 5.73 Å². The van der Waals surface area contributed by atoms with E-state index in [1.54, 1.807) is 43.3 Å².